The van der Waals surface area contributed by atoms with E-state index in [1.165, 1.54) is 0 Å². The van der Waals surface area contributed by atoms with Crippen molar-refractivity contribution in [3.05, 3.63) is 11.6 Å². The number of rotatable bonds is 9. The highest BCUT2D eigenvalue weighted by Gasteiger charge is 2.29. The summed E-state index contributed by atoms with van der Waals surface area (Å²) >= 11 is 0. The van der Waals surface area contributed by atoms with E-state index in [9.17, 15) is 9.59 Å². The maximum absolute atomic E-state index is 11.1. The summed E-state index contributed by atoms with van der Waals surface area (Å²) in [4.78, 5) is 21.6. The number of hydrogen-bond donors (Lipinski definition) is 1. The lowest BCUT2D eigenvalue weighted by Crippen LogP contribution is -2.36. The van der Waals surface area contributed by atoms with Gasteiger partial charge in [0.05, 0.1) is 13.0 Å². The molecule has 0 aromatic carbocycles. The minimum atomic E-state index is -0.922. The Kier molecular flexibility index (Phi) is 8.34. The highest BCUT2D eigenvalue weighted by Crippen LogP contribution is 2.25. The van der Waals surface area contributed by atoms with E-state index in [4.69, 9.17) is 14.6 Å². The molecule has 0 aliphatic heterocycles. The monoisotopic (exact) mass is 286 g/mol. The summed E-state index contributed by atoms with van der Waals surface area (Å²) in [6, 6.07) is 0. The number of carbonyl (C=O) groups excluding carboxylic acids is 1. The zero-order valence-electron chi connectivity index (χ0n) is 13.0. The molecule has 20 heavy (non-hydrogen) atoms. The van der Waals surface area contributed by atoms with Crippen molar-refractivity contribution in [1.82, 2.24) is 0 Å². The fraction of sp³-hybridized carbons (Fsp3) is 0.733. The summed E-state index contributed by atoms with van der Waals surface area (Å²) in [5, 5.41) is 8.62. The van der Waals surface area contributed by atoms with Gasteiger partial charge in [-0.15, -0.1) is 0 Å². The van der Waals surface area contributed by atoms with Crippen molar-refractivity contribution in [2.45, 2.75) is 59.9 Å². The Morgan fingerprint density at radius 1 is 1.30 bits per heavy atom. The van der Waals surface area contributed by atoms with Crippen molar-refractivity contribution < 1.29 is 24.2 Å². The summed E-state index contributed by atoms with van der Waals surface area (Å²) in [6.45, 7) is 9.72. The van der Waals surface area contributed by atoms with Gasteiger partial charge in [0.15, 0.2) is 6.29 Å². The molecule has 0 aromatic rings. The summed E-state index contributed by atoms with van der Waals surface area (Å²) in [6.07, 6.45) is 1.87. The molecule has 0 fully saturated rings. The lowest BCUT2D eigenvalue weighted by molar-refractivity contribution is -0.213. The summed E-state index contributed by atoms with van der Waals surface area (Å²) in [7, 11) is 0. The van der Waals surface area contributed by atoms with Crippen LogP contribution in [0, 0.1) is 5.41 Å². The maximum Gasteiger partial charge on any atom is 0.305 e. The minimum absolute atomic E-state index is 0.0610. The molecule has 116 valence electrons. The van der Waals surface area contributed by atoms with Crippen LogP contribution in [-0.4, -0.2) is 36.4 Å². The predicted molar refractivity (Wildman–Crippen MR) is 76.4 cm³/mol. The molecular formula is C15H26O5. The fourth-order valence-corrected chi connectivity index (χ4v) is 1.40. The molecule has 0 unspecified atom stereocenters. The first-order valence-electron chi connectivity index (χ1n) is 6.74. The van der Waals surface area contributed by atoms with Gasteiger partial charge in [-0.05, 0) is 20.3 Å². The second-order valence-corrected chi connectivity index (χ2v) is 6.04. The number of ether oxygens (including phenoxy) is 2. The molecule has 0 aliphatic carbocycles. The molecule has 0 bridgehead atoms. The zero-order chi connectivity index (χ0) is 15.8. The van der Waals surface area contributed by atoms with Crippen LogP contribution in [-0.2, 0) is 19.1 Å². The second-order valence-electron chi connectivity index (χ2n) is 6.04. The molecule has 0 heterocycles. The lowest BCUT2D eigenvalue weighted by Gasteiger charge is -2.32. The smallest absolute Gasteiger partial charge is 0.305 e. The first-order valence-corrected chi connectivity index (χ1v) is 6.74. The van der Waals surface area contributed by atoms with Crippen LogP contribution in [0.1, 0.15) is 47.5 Å². The van der Waals surface area contributed by atoms with Crippen LogP contribution in [0.5, 0.6) is 0 Å². The standard InChI is InChI=1S/C15H26O5/c1-11(2)6-7-12(10-16)20-14(15(3,4)5)19-9-8-13(17)18/h6,10,12,14H,7-9H2,1-5H3,(H,17,18)/t12-,14-/m0/s1. The van der Waals surface area contributed by atoms with Gasteiger partial charge in [0.25, 0.3) is 0 Å². The van der Waals surface area contributed by atoms with E-state index in [1.807, 2.05) is 40.7 Å². The van der Waals surface area contributed by atoms with Gasteiger partial charge >= 0.3 is 5.97 Å². The van der Waals surface area contributed by atoms with Crippen molar-refractivity contribution in [2.75, 3.05) is 6.61 Å². The molecule has 0 radical (unpaired) electrons. The summed E-state index contributed by atoms with van der Waals surface area (Å²) < 4.78 is 11.1. The number of hydrogen-bond acceptors (Lipinski definition) is 4. The topological polar surface area (TPSA) is 72.8 Å². The summed E-state index contributed by atoms with van der Waals surface area (Å²) in [5.41, 5.74) is 0.768. The Morgan fingerprint density at radius 3 is 2.30 bits per heavy atom. The lowest BCUT2D eigenvalue weighted by atomic mass is 9.95. The quantitative estimate of drug-likeness (QED) is 0.401. The molecule has 0 saturated carbocycles. The van der Waals surface area contributed by atoms with Crippen molar-refractivity contribution in [3.63, 3.8) is 0 Å². The van der Waals surface area contributed by atoms with Gasteiger partial charge in [0.1, 0.15) is 12.4 Å². The predicted octanol–water partition coefficient (Wildman–Crippen LogP) is 2.79. The first kappa shape index (κ1) is 18.8. The molecule has 0 aromatic heterocycles. The molecule has 0 spiro atoms. The third kappa shape index (κ3) is 8.82. The van der Waals surface area contributed by atoms with E-state index in [1.54, 1.807) is 0 Å². The van der Waals surface area contributed by atoms with Gasteiger partial charge in [-0.3, -0.25) is 4.79 Å². The molecule has 0 rings (SSSR count). The van der Waals surface area contributed by atoms with E-state index in [0.29, 0.717) is 6.42 Å². The van der Waals surface area contributed by atoms with Gasteiger partial charge in [-0.2, -0.15) is 0 Å². The Bertz CT molecular complexity index is 337. The largest absolute Gasteiger partial charge is 0.481 e. The number of carboxylic acids is 1. The third-order valence-corrected chi connectivity index (χ3v) is 2.50. The highest BCUT2D eigenvalue weighted by atomic mass is 16.7. The average molecular weight is 286 g/mol. The Morgan fingerprint density at radius 2 is 1.90 bits per heavy atom. The second kappa shape index (κ2) is 8.87. The van der Waals surface area contributed by atoms with Crippen LogP contribution in [0.25, 0.3) is 0 Å². The number of carbonyl (C=O) groups is 2. The molecular weight excluding hydrogens is 260 g/mol. The third-order valence-electron chi connectivity index (χ3n) is 2.50. The Balaban J connectivity index is 4.57. The van der Waals surface area contributed by atoms with Crippen molar-refractivity contribution in [3.8, 4) is 0 Å². The number of aliphatic carboxylic acids is 1. The highest BCUT2D eigenvalue weighted by molar-refractivity contribution is 5.66. The molecule has 5 heteroatoms. The van der Waals surface area contributed by atoms with Crippen LogP contribution in [0.15, 0.2) is 11.6 Å². The van der Waals surface area contributed by atoms with E-state index in [2.05, 4.69) is 0 Å². The average Bonchev–Trinajstić information content (AvgIpc) is 2.30. The van der Waals surface area contributed by atoms with E-state index >= 15 is 0 Å². The van der Waals surface area contributed by atoms with Crippen molar-refractivity contribution in [2.24, 2.45) is 5.41 Å². The molecule has 0 aliphatic rings. The van der Waals surface area contributed by atoms with Crippen LogP contribution in [0.2, 0.25) is 0 Å². The molecule has 0 amide bonds. The van der Waals surface area contributed by atoms with Gasteiger partial charge in [0, 0.05) is 5.41 Å². The van der Waals surface area contributed by atoms with Gasteiger partial charge in [-0.25, -0.2) is 0 Å². The van der Waals surface area contributed by atoms with Crippen LogP contribution in [0.3, 0.4) is 0 Å². The van der Waals surface area contributed by atoms with E-state index < -0.39 is 18.4 Å². The first-order chi connectivity index (χ1) is 9.16. The van der Waals surface area contributed by atoms with Crippen LogP contribution < -0.4 is 0 Å². The minimum Gasteiger partial charge on any atom is -0.481 e. The van der Waals surface area contributed by atoms with Crippen LogP contribution >= 0.6 is 0 Å². The van der Waals surface area contributed by atoms with Gasteiger partial charge < -0.3 is 19.4 Å². The fourth-order valence-electron chi connectivity index (χ4n) is 1.40. The molecule has 1 N–H and O–H groups in total. The number of carboxylic acid groups (broad SMARTS) is 1. The molecule has 0 saturated heterocycles. The summed E-state index contributed by atoms with van der Waals surface area (Å²) in [5.74, 6) is -0.922. The molecule has 2 atom stereocenters. The number of aldehydes is 1. The van der Waals surface area contributed by atoms with E-state index in [-0.39, 0.29) is 18.4 Å². The number of allylic oxidation sites excluding steroid dienone is 1. The van der Waals surface area contributed by atoms with E-state index in [0.717, 1.165) is 11.9 Å². The molecule has 5 nitrogen and oxygen atoms in total. The van der Waals surface area contributed by atoms with Gasteiger partial charge in [-0.1, -0.05) is 32.4 Å². The normalized spacial score (nSPS) is 14.4. The zero-order valence-corrected chi connectivity index (χ0v) is 13.0. The van der Waals surface area contributed by atoms with Crippen molar-refractivity contribution >= 4 is 12.3 Å². The van der Waals surface area contributed by atoms with Gasteiger partial charge in [0.2, 0.25) is 0 Å². The van der Waals surface area contributed by atoms with Crippen molar-refractivity contribution in [1.29, 1.82) is 0 Å². The Labute approximate surface area is 121 Å². The maximum atomic E-state index is 11.1. The SMILES string of the molecule is CC(C)=CC[C@@H](C=O)O[C@H](OCCC(=O)O)C(C)(C)C. The Hall–Kier alpha value is -1.20. The van der Waals surface area contributed by atoms with Crippen LogP contribution in [0.4, 0.5) is 0 Å².